The van der Waals surface area contributed by atoms with Gasteiger partial charge in [0.15, 0.2) is 5.78 Å². The Morgan fingerprint density at radius 2 is 1.60 bits per heavy atom. The smallest absolute Gasteiger partial charge is 0.196 e. The predicted molar refractivity (Wildman–Crippen MR) is 105 cm³/mol. The fourth-order valence-corrected chi connectivity index (χ4v) is 4.51. The molecule has 0 amide bonds. The Kier molecular flexibility index (Phi) is 4.57. The van der Waals surface area contributed by atoms with Gasteiger partial charge in [-0.15, -0.1) is 11.3 Å². The Morgan fingerprint density at radius 3 is 2.36 bits per heavy atom. The second kappa shape index (κ2) is 7.16. The van der Waals surface area contributed by atoms with Crippen molar-refractivity contribution < 1.29 is 4.79 Å². The van der Waals surface area contributed by atoms with E-state index in [0.29, 0.717) is 0 Å². The maximum atomic E-state index is 13.1. The first-order valence-electron chi connectivity index (χ1n) is 8.66. The van der Waals surface area contributed by atoms with E-state index in [0.717, 1.165) is 41.0 Å². The first-order valence-corrected chi connectivity index (χ1v) is 9.48. The van der Waals surface area contributed by atoms with Crippen molar-refractivity contribution in [2.24, 2.45) is 4.99 Å². The number of rotatable bonds is 4. The minimum atomic E-state index is 0.0974. The molecule has 1 aromatic heterocycles. The molecule has 0 saturated heterocycles. The van der Waals surface area contributed by atoms with E-state index in [9.17, 15) is 4.79 Å². The summed E-state index contributed by atoms with van der Waals surface area (Å²) in [5, 5.41) is 0.851. The minimum Gasteiger partial charge on any atom is -0.288 e. The molecule has 0 aliphatic heterocycles. The third kappa shape index (κ3) is 3.33. The molecule has 0 fully saturated rings. The number of fused-ring (bicyclic) bond motifs is 1. The zero-order valence-electron chi connectivity index (χ0n) is 13.9. The van der Waals surface area contributed by atoms with Crippen LogP contribution in [0.3, 0.4) is 0 Å². The summed E-state index contributed by atoms with van der Waals surface area (Å²) >= 11 is 1.69. The summed E-state index contributed by atoms with van der Waals surface area (Å²) in [5.41, 5.74) is 3.83. The fraction of sp³-hybridized carbons (Fsp3) is 0.182. The van der Waals surface area contributed by atoms with Gasteiger partial charge in [0.25, 0.3) is 0 Å². The Labute approximate surface area is 151 Å². The van der Waals surface area contributed by atoms with E-state index in [4.69, 9.17) is 4.99 Å². The zero-order valence-corrected chi connectivity index (χ0v) is 14.8. The predicted octanol–water partition coefficient (Wildman–Crippen LogP) is 5.61. The van der Waals surface area contributed by atoms with Gasteiger partial charge in [0, 0.05) is 16.7 Å². The van der Waals surface area contributed by atoms with E-state index >= 15 is 0 Å². The van der Waals surface area contributed by atoms with E-state index in [1.165, 1.54) is 16.9 Å². The summed E-state index contributed by atoms with van der Waals surface area (Å²) in [6.45, 7) is 0. The molecule has 0 radical (unpaired) electrons. The van der Waals surface area contributed by atoms with Crippen LogP contribution in [0, 0.1) is 0 Å². The molecule has 1 heterocycles. The van der Waals surface area contributed by atoms with E-state index in [1.807, 2.05) is 66.9 Å². The number of hydrogen-bond donors (Lipinski definition) is 0. The molecule has 0 spiro atoms. The highest BCUT2D eigenvalue weighted by Gasteiger charge is 2.25. The Hall–Kier alpha value is -2.52. The fourth-order valence-electron chi connectivity index (χ4n) is 3.28. The highest BCUT2D eigenvalue weighted by molar-refractivity contribution is 7.16. The number of carbonyl (C=O) groups excluding carboxylic acids is 1. The molecule has 3 heteroatoms. The second-order valence-electron chi connectivity index (χ2n) is 6.26. The minimum absolute atomic E-state index is 0.0974. The lowest BCUT2D eigenvalue weighted by atomic mass is 9.92. The summed E-state index contributed by atoms with van der Waals surface area (Å²) < 4.78 is 0. The average molecular weight is 345 g/mol. The quantitative estimate of drug-likeness (QED) is 0.446. The van der Waals surface area contributed by atoms with Gasteiger partial charge in [0.1, 0.15) is 5.00 Å². The lowest BCUT2D eigenvalue weighted by Crippen LogP contribution is -2.07. The van der Waals surface area contributed by atoms with Crippen LogP contribution in [-0.2, 0) is 12.8 Å². The number of thiophene rings is 1. The van der Waals surface area contributed by atoms with Crippen LogP contribution in [0.4, 0.5) is 5.00 Å². The van der Waals surface area contributed by atoms with Crippen molar-refractivity contribution in [1.82, 2.24) is 0 Å². The van der Waals surface area contributed by atoms with Crippen LogP contribution >= 0.6 is 11.3 Å². The monoisotopic (exact) mass is 345 g/mol. The molecule has 0 atom stereocenters. The molecule has 4 rings (SSSR count). The number of nitrogens with zero attached hydrogens (tertiary/aromatic N) is 1. The number of hydrogen-bond acceptors (Lipinski definition) is 3. The van der Waals surface area contributed by atoms with Crippen molar-refractivity contribution in [2.75, 3.05) is 0 Å². The van der Waals surface area contributed by atoms with Crippen molar-refractivity contribution >= 4 is 28.3 Å². The molecule has 1 aliphatic carbocycles. The normalized spacial score (nSPS) is 13.8. The van der Waals surface area contributed by atoms with Crippen LogP contribution in [0.2, 0.25) is 0 Å². The SMILES string of the molecule is O=C(c1ccccc1)c1c(/N=C/c2ccccc2)sc2c1CCCC2. The summed E-state index contributed by atoms with van der Waals surface area (Å²) in [6.07, 6.45) is 6.27. The number of aliphatic imine (C=N–C) groups is 1. The van der Waals surface area contributed by atoms with Gasteiger partial charge in [0.05, 0.1) is 5.56 Å². The van der Waals surface area contributed by atoms with E-state index < -0.39 is 0 Å². The van der Waals surface area contributed by atoms with Crippen LogP contribution in [0.25, 0.3) is 0 Å². The summed E-state index contributed by atoms with van der Waals surface area (Å²) in [5.74, 6) is 0.0974. The van der Waals surface area contributed by atoms with E-state index in [-0.39, 0.29) is 5.78 Å². The standard InChI is InChI=1S/C22H19NOS/c24-21(17-11-5-2-6-12-17)20-18-13-7-8-14-19(18)25-22(20)23-15-16-9-3-1-4-10-16/h1-6,9-12,15H,7-8,13-14H2/b23-15+. The zero-order chi connectivity index (χ0) is 17.1. The van der Waals surface area contributed by atoms with Gasteiger partial charge in [-0.05, 0) is 36.8 Å². The summed E-state index contributed by atoms with van der Waals surface area (Å²) in [7, 11) is 0. The summed E-state index contributed by atoms with van der Waals surface area (Å²) in [6, 6.07) is 19.6. The van der Waals surface area contributed by atoms with Gasteiger partial charge >= 0.3 is 0 Å². The highest BCUT2D eigenvalue weighted by atomic mass is 32.1. The van der Waals surface area contributed by atoms with Gasteiger partial charge in [-0.3, -0.25) is 4.79 Å². The van der Waals surface area contributed by atoms with Crippen molar-refractivity contribution in [3.63, 3.8) is 0 Å². The third-order valence-electron chi connectivity index (χ3n) is 4.55. The average Bonchev–Trinajstić information content (AvgIpc) is 3.05. The Bertz CT molecular complexity index is 910. The molecular formula is C22H19NOS. The molecule has 124 valence electrons. The van der Waals surface area contributed by atoms with Gasteiger partial charge < -0.3 is 0 Å². The molecule has 0 unspecified atom stereocenters. The summed E-state index contributed by atoms with van der Waals surface area (Å²) in [4.78, 5) is 19.2. The van der Waals surface area contributed by atoms with Crippen molar-refractivity contribution in [3.05, 3.63) is 87.8 Å². The largest absolute Gasteiger partial charge is 0.288 e. The molecule has 2 aromatic carbocycles. The van der Waals surface area contributed by atoms with Gasteiger partial charge in [0.2, 0.25) is 0 Å². The number of ketones is 1. The number of benzene rings is 2. The first-order chi connectivity index (χ1) is 12.3. The van der Waals surface area contributed by atoms with Crippen molar-refractivity contribution in [1.29, 1.82) is 0 Å². The topological polar surface area (TPSA) is 29.4 Å². The third-order valence-corrected chi connectivity index (χ3v) is 5.75. The van der Waals surface area contributed by atoms with Crippen LogP contribution in [0.15, 0.2) is 65.7 Å². The van der Waals surface area contributed by atoms with E-state index in [2.05, 4.69) is 0 Å². The van der Waals surface area contributed by atoms with Gasteiger partial charge in [-0.1, -0.05) is 60.7 Å². The van der Waals surface area contributed by atoms with Crippen LogP contribution in [0.5, 0.6) is 0 Å². The van der Waals surface area contributed by atoms with Gasteiger partial charge in [-0.2, -0.15) is 0 Å². The lowest BCUT2D eigenvalue weighted by molar-refractivity contribution is 0.103. The molecule has 0 bridgehead atoms. The van der Waals surface area contributed by atoms with Crippen molar-refractivity contribution in [3.8, 4) is 0 Å². The first kappa shape index (κ1) is 16.0. The second-order valence-corrected chi connectivity index (χ2v) is 7.34. The van der Waals surface area contributed by atoms with Gasteiger partial charge in [-0.25, -0.2) is 4.99 Å². The maximum absolute atomic E-state index is 13.1. The molecule has 2 nitrogen and oxygen atoms in total. The van der Waals surface area contributed by atoms with Crippen LogP contribution in [-0.4, -0.2) is 12.0 Å². The van der Waals surface area contributed by atoms with Crippen LogP contribution < -0.4 is 0 Å². The number of aryl methyl sites for hydroxylation is 1. The Morgan fingerprint density at radius 1 is 0.920 bits per heavy atom. The van der Waals surface area contributed by atoms with Crippen molar-refractivity contribution in [2.45, 2.75) is 25.7 Å². The molecule has 1 aliphatic rings. The highest BCUT2D eigenvalue weighted by Crippen LogP contribution is 2.40. The molecule has 0 N–H and O–H groups in total. The van der Waals surface area contributed by atoms with Crippen LogP contribution in [0.1, 0.15) is 44.8 Å². The van der Waals surface area contributed by atoms with E-state index in [1.54, 1.807) is 11.3 Å². The number of carbonyl (C=O) groups is 1. The molecule has 0 saturated carbocycles. The Balaban J connectivity index is 1.77. The maximum Gasteiger partial charge on any atom is 0.196 e. The molecule has 3 aromatic rings. The molecule has 25 heavy (non-hydrogen) atoms. The lowest BCUT2D eigenvalue weighted by Gasteiger charge is -2.12. The molecular weight excluding hydrogens is 326 g/mol.